The lowest BCUT2D eigenvalue weighted by Gasteiger charge is -2.05. The van der Waals surface area contributed by atoms with Crippen LogP contribution in [0.4, 0.5) is 10.7 Å². The van der Waals surface area contributed by atoms with Crippen molar-refractivity contribution in [2.45, 2.75) is 26.7 Å². The third-order valence-corrected chi connectivity index (χ3v) is 5.39. The molecule has 0 radical (unpaired) electrons. The molecule has 0 bridgehead atoms. The van der Waals surface area contributed by atoms with Crippen LogP contribution in [0.15, 0.2) is 36.7 Å². The Balaban J connectivity index is 1.85. The maximum Gasteiger partial charge on any atom is 0.321 e. The molecule has 4 aromatic rings. The standard InChI is InChI=1S/C19H20N8OS/c1-4-21-19(28)23-18-22-15-9-13(12-6-5-7-20-10-12)8-14(27(15)26-18)17-25-24-16(29-17)11(2)3/h5-11H,4H2,1-3H3,(H2,21,23,26,28). The molecule has 0 aliphatic rings. The predicted molar refractivity (Wildman–Crippen MR) is 112 cm³/mol. The van der Waals surface area contributed by atoms with Crippen LogP contribution in [0.5, 0.6) is 0 Å². The fourth-order valence-electron chi connectivity index (χ4n) is 2.77. The van der Waals surface area contributed by atoms with Crippen molar-refractivity contribution in [3.8, 4) is 21.8 Å². The molecule has 148 valence electrons. The summed E-state index contributed by atoms with van der Waals surface area (Å²) in [6.45, 7) is 6.51. The number of urea groups is 1. The molecule has 4 rings (SSSR count). The first-order valence-electron chi connectivity index (χ1n) is 9.25. The Morgan fingerprint density at radius 3 is 2.79 bits per heavy atom. The highest BCUT2D eigenvalue weighted by Gasteiger charge is 2.17. The number of nitrogens with one attached hydrogen (secondary N) is 2. The molecule has 2 amide bonds. The van der Waals surface area contributed by atoms with Gasteiger partial charge in [0.1, 0.15) is 10.7 Å². The van der Waals surface area contributed by atoms with Gasteiger partial charge < -0.3 is 5.32 Å². The molecular weight excluding hydrogens is 388 g/mol. The van der Waals surface area contributed by atoms with Gasteiger partial charge in [-0.05, 0) is 30.7 Å². The molecule has 2 N–H and O–H groups in total. The van der Waals surface area contributed by atoms with E-state index in [4.69, 9.17) is 0 Å². The largest absolute Gasteiger partial charge is 0.338 e. The van der Waals surface area contributed by atoms with E-state index in [9.17, 15) is 4.79 Å². The summed E-state index contributed by atoms with van der Waals surface area (Å²) in [5, 5.41) is 20.1. The van der Waals surface area contributed by atoms with Gasteiger partial charge in [-0.25, -0.2) is 9.31 Å². The van der Waals surface area contributed by atoms with Gasteiger partial charge in [0.05, 0.1) is 0 Å². The summed E-state index contributed by atoms with van der Waals surface area (Å²) in [7, 11) is 0. The Morgan fingerprint density at radius 1 is 1.24 bits per heavy atom. The average molecular weight is 408 g/mol. The molecule has 0 saturated heterocycles. The number of nitrogens with zero attached hydrogens (tertiary/aromatic N) is 6. The summed E-state index contributed by atoms with van der Waals surface area (Å²) >= 11 is 1.52. The lowest BCUT2D eigenvalue weighted by atomic mass is 10.1. The highest BCUT2D eigenvalue weighted by atomic mass is 32.1. The fourth-order valence-corrected chi connectivity index (χ4v) is 3.61. The molecule has 0 saturated carbocycles. The van der Waals surface area contributed by atoms with Crippen molar-refractivity contribution in [1.82, 2.24) is 35.1 Å². The van der Waals surface area contributed by atoms with Crippen molar-refractivity contribution in [3.63, 3.8) is 0 Å². The van der Waals surface area contributed by atoms with Crippen LogP contribution in [0.1, 0.15) is 31.7 Å². The summed E-state index contributed by atoms with van der Waals surface area (Å²) < 4.78 is 1.67. The van der Waals surface area contributed by atoms with Gasteiger partial charge in [-0.3, -0.25) is 10.3 Å². The van der Waals surface area contributed by atoms with Crippen LogP contribution in [0.3, 0.4) is 0 Å². The molecule has 0 aromatic carbocycles. The van der Waals surface area contributed by atoms with Crippen molar-refractivity contribution in [2.24, 2.45) is 0 Å². The number of fused-ring (bicyclic) bond motifs is 1. The highest BCUT2D eigenvalue weighted by Crippen LogP contribution is 2.31. The molecule has 0 aliphatic heterocycles. The van der Waals surface area contributed by atoms with E-state index in [1.54, 1.807) is 16.9 Å². The average Bonchev–Trinajstić information content (AvgIpc) is 3.35. The minimum atomic E-state index is -0.351. The van der Waals surface area contributed by atoms with Gasteiger partial charge >= 0.3 is 6.03 Å². The Morgan fingerprint density at radius 2 is 2.10 bits per heavy atom. The van der Waals surface area contributed by atoms with Crippen molar-refractivity contribution in [2.75, 3.05) is 11.9 Å². The number of amides is 2. The zero-order valence-corrected chi connectivity index (χ0v) is 17.1. The van der Waals surface area contributed by atoms with E-state index in [0.717, 1.165) is 26.8 Å². The minimum Gasteiger partial charge on any atom is -0.338 e. The zero-order chi connectivity index (χ0) is 20.4. The number of pyridine rings is 2. The van der Waals surface area contributed by atoms with Gasteiger partial charge in [0.25, 0.3) is 5.95 Å². The van der Waals surface area contributed by atoms with E-state index in [1.165, 1.54) is 11.3 Å². The number of hydrogen-bond acceptors (Lipinski definition) is 7. The minimum absolute atomic E-state index is 0.217. The second kappa shape index (κ2) is 7.92. The van der Waals surface area contributed by atoms with Crippen LogP contribution >= 0.6 is 11.3 Å². The molecule has 0 aliphatic carbocycles. The first-order valence-corrected chi connectivity index (χ1v) is 10.1. The van der Waals surface area contributed by atoms with Crippen molar-refractivity contribution in [3.05, 3.63) is 41.7 Å². The molecule has 0 atom stereocenters. The fraction of sp³-hybridized carbons (Fsp3) is 0.263. The first kappa shape index (κ1) is 18.9. The Bertz CT molecular complexity index is 1150. The van der Waals surface area contributed by atoms with E-state index in [0.29, 0.717) is 12.2 Å². The summed E-state index contributed by atoms with van der Waals surface area (Å²) in [6, 6.07) is 7.40. The second-order valence-corrected chi connectivity index (χ2v) is 7.67. The van der Waals surface area contributed by atoms with Gasteiger partial charge in [0, 0.05) is 30.4 Å². The maximum atomic E-state index is 11.9. The molecule has 4 heterocycles. The number of aromatic nitrogens is 6. The molecule has 0 fully saturated rings. The molecule has 0 spiro atoms. The molecule has 0 unspecified atom stereocenters. The van der Waals surface area contributed by atoms with Crippen molar-refractivity contribution >= 4 is 29.0 Å². The molecule has 4 aromatic heterocycles. The number of hydrogen-bond donors (Lipinski definition) is 2. The third kappa shape index (κ3) is 3.92. The monoisotopic (exact) mass is 408 g/mol. The topological polar surface area (TPSA) is 110 Å². The number of anilines is 1. The Labute approximate surface area is 171 Å². The SMILES string of the molecule is CCNC(=O)Nc1nc2cc(-c3cccnc3)cc(-c3nnc(C(C)C)s3)n2n1. The van der Waals surface area contributed by atoms with Crippen molar-refractivity contribution in [1.29, 1.82) is 0 Å². The summed E-state index contributed by atoms with van der Waals surface area (Å²) in [6.07, 6.45) is 3.52. The number of rotatable bonds is 5. The molecule has 10 heteroatoms. The third-order valence-electron chi connectivity index (χ3n) is 4.15. The number of carbonyl (C=O) groups is 1. The maximum absolute atomic E-state index is 11.9. The number of carbonyl (C=O) groups excluding carboxylic acids is 1. The van der Waals surface area contributed by atoms with Gasteiger partial charge in [-0.2, -0.15) is 4.98 Å². The molecular formula is C19H20N8OS. The normalized spacial score (nSPS) is 11.2. The van der Waals surface area contributed by atoms with Crippen LogP contribution in [0.25, 0.3) is 27.5 Å². The van der Waals surface area contributed by atoms with Crippen molar-refractivity contribution < 1.29 is 4.79 Å². The van der Waals surface area contributed by atoms with Gasteiger partial charge in [-0.15, -0.1) is 15.3 Å². The van der Waals surface area contributed by atoms with E-state index in [1.807, 2.05) is 31.2 Å². The van der Waals surface area contributed by atoms with E-state index in [2.05, 4.69) is 49.7 Å². The van der Waals surface area contributed by atoms with Gasteiger partial charge in [0.15, 0.2) is 10.7 Å². The van der Waals surface area contributed by atoms with Crippen LogP contribution < -0.4 is 10.6 Å². The lowest BCUT2D eigenvalue weighted by Crippen LogP contribution is -2.28. The predicted octanol–water partition coefficient (Wildman–Crippen LogP) is 3.57. The highest BCUT2D eigenvalue weighted by molar-refractivity contribution is 7.14. The summed E-state index contributed by atoms with van der Waals surface area (Å²) in [5.74, 6) is 0.498. The van der Waals surface area contributed by atoms with Gasteiger partial charge in [0.2, 0.25) is 0 Å². The van der Waals surface area contributed by atoms with E-state index < -0.39 is 0 Å². The van der Waals surface area contributed by atoms with Crippen LogP contribution in [-0.4, -0.2) is 42.4 Å². The Hall–Kier alpha value is -3.40. The van der Waals surface area contributed by atoms with Crippen LogP contribution in [0.2, 0.25) is 0 Å². The smallest absolute Gasteiger partial charge is 0.321 e. The summed E-state index contributed by atoms with van der Waals surface area (Å²) in [5.41, 5.74) is 3.22. The van der Waals surface area contributed by atoms with Crippen LogP contribution in [0, 0.1) is 0 Å². The summed E-state index contributed by atoms with van der Waals surface area (Å²) in [4.78, 5) is 20.5. The quantitative estimate of drug-likeness (QED) is 0.522. The van der Waals surface area contributed by atoms with E-state index >= 15 is 0 Å². The Kier molecular flexibility index (Phi) is 5.17. The van der Waals surface area contributed by atoms with Crippen LogP contribution in [-0.2, 0) is 0 Å². The van der Waals surface area contributed by atoms with E-state index in [-0.39, 0.29) is 17.9 Å². The molecule has 9 nitrogen and oxygen atoms in total. The first-order chi connectivity index (χ1) is 14.0. The zero-order valence-electron chi connectivity index (χ0n) is 16.2. The molecule has 29 heavy (non-hydrogen) atoms. The lowest BCUT2D eigenvalue weighted by molar-refractivity contribution is 0.252. The van der Waals surface area contributed by atoms with Gasteiger partial charge in [-0.1, -0.05) is 31.3 Å². The second-order valence-electron chi connectivity index (χ2n) is 6.66.